The Morgan fingerprint density at radius 1 is 1.44 bits per heavy atom. The quantitative estimate of drug-likeness (QED) is 0.803. The summed E-state index contributed by atoms with van der Waals surface area (Å²) in [5.74, 6) is 2.35. The molecule has 1 heterocycles. The van der Waals surface area contributed by atoms with Crippen LogP contribution in [0.5, 0.6) is 0 Å². The molecule has 1 unspecified atom stereocenters. The second-order valence-corrected chi connectivity index (χ2v) is 4.84. The van der Waals surface area contributed by atoms with Gasteiger partial charge in [0.15, 0.2) is 0 Å². The summed E-state index contributed by atoms with van der Waals surface area (Å²) in [5.41, 5.74) is 2.54. The minimum absolute atomic E-state index is 0.588. The summed E-state index contributed by atoms with van der Waals surface area (Å²) in [5, 5.41) is 3.42. The van der Waals surface area contributed by atoms with Crippen molar-refractivity contribution in [2.24, 2.45) is 5.92 Å². The van der Waals surface area contributed by atoms with Gasteiger partial charge in [0.25, 0.3) is 0 Å². The van der Waals surface area contributed by atoms with Crippen LogP contribution in [0.25, 0.3) is 0 Å². The number of anilines is 1. The molecule has 1 aromatic rings. The first-order valence-corrected chi connectivity index (χ1v) is 6.47. The van der Waals surface area contributed by atoms with Crippen LogP contribution in [0, 0.1) is 5.92 Å². The molecule has 0 bridgehead atoms. The lowest BCUT2D eigenvalue weighted by Crippen LogP contribution is -2.14. The molecule has 0 radical (unpaired) electrons. The molecule has 0 saturated carbocycles. The Morgan fingerprint density at radius 3 is 3.12 bits per heavy atom. The molecule has 1 N–H and O–H groups in total. The van der Waals surface area contributed by atoms with Crippen molar-refractivity contribution in [1.82, 2.24) is 9.97 Å². The highest BCUT2D eigenvalue weighted by molar-refractivity contribution is 6.17. The Bertz CT molecular complexity index is 354. The molecule has 1 atom stereocenters. The molecule has 1 aliphatic rings. The third-order valence-electron chi connectivity index (χ3n) is 3.09. The van der Waals surface area contributed by atoms with E-state index in [1.165, 1.54) is 17.7 Å². The number of hydrogen-bond acceptors (Lipinski definition) is 3. The van der Waals surface area contributed by atoms with Gasteiger partial charge in [0.1, 0.15) is 12.1 Å². The third kappa shape index (κ3) is 2.64. The molecule has 0 spiro atoms. The lowest BCUT2D eigenvalue weighted by molar-refractivity contribution is 0.595. The van der Waals surface area contributed by atoms with E-state index in [1.807, 2.05) is 0 Å². The van der Waals surface area contributed by atoms with Crippen LogP contribution in [0.1, 0.15) is 31.0 Å². The van der Waals surface area contributed by atoms with E-state index in [-0.39, 0.29) is 0 Å². The number of fused-ring (bicyclic) bond motifs is 1. The molecule has 1 aliphatic carbocycles. The molecule has 16 heavy (non-hydrogen) atoms. The third-order valence-corrected chi connectivity index (χ3v) is 3.31. The van der Waals surface area contributed by atoms with Crippen molar-refractivity contribution in [3.05, 3.63) is 17.6 Å². The van der Waals surface area contributed by atoms with Crippen molar-refractivity contribution in [3.8, 4) is 0 Å². The van der Waals surface area contributed by atoms with Gasteiger partial charge in [0, 0.05) is 23.7 Å². The fourth-order valence-electron chi connectivity index (χ4n) is 2.07. The van der Waals surface area contributed by atoms with Gasteiger partial charge in [-0.3, -0.25) is 0 Å². The minimum Gasteiger partial charge on any atom is -0.369 e. The molecule has 1 aromatic heterocycles. The average molecular weight is 240 g/mol. The van der Waals surface area contributed by atoms with Crippen LogP contribution in [-0.4, -0.2) is 22.4 Å². The number of alkyl halides is 1. The number of aryl methyl sites for hydroxylation is 1. The predicted octanol–water partition coefficient (Wildman–Crippen LogP) is 2.64. The highest BCUT2D eigenvalue weighted by atomic mass is 35.5. The first kappa shape index (κ1) is 11.6. The van der Waals surface area contributed by atoms with E-state index in [2.05, 4.69) is 22.2 Å². The van der Waals surface area contributed by atoms with E-state index in [9.17, 15) is 0 Å². The molecule has 4 heteroatoms. The first-order chi connectivity index (χ1) is 7.81. The minimum atomic E-state index is 0.588. The van der Waals surface area contributed by atoms with Gasteiger partial charge in [-0.15, -0.1) is 11.6 Å². The Kier molecular flexibility index (Phi) is 3.99. The Balaban J connectivity index is 1.97. The van der Waals surface area contributed by atoms with Crippen molar-refractivity contribution in [2.75, 3.05) is 17.7 Å². The van der Waals surface area contributed by atoms with Crippen LogP contribution in [0.4, 0.5) is 5.82 Å². The van der Waals surface area contributed by atoms with Gasteiger partial charge in [-0.2, -0.15) is 0 Å². The van der Waals surface area contributed by atoms with Gasteiger partial charge < -0.3 is 5.32 Å². The number of aromatic nitrogens is 2. The van der Waals surface area contributed by atoms with E-state index < -0.39 is 0 Å². The highest BCUT2D eigenvalue weighted by Crippen LogP contribution is 2.25. The molecule has 3 nitrogen and oxygen atoms in total. The molecule has 0 aromatic carbocycles. The topological polar surface area (TPSA) is 37.8 Å². The maximum atomic E-state index is 5.72. The number of nitrogens with one attached hydrogen (secondary N) is 1. The van der Waals surface area contributed by atoms with Crippen LogP contribution in [0.3, 0.4) is 0 Å². The summed E-state index contributed by atoms with van der Waals surface area (Å²) >= 11 is 5.72. The van der Waals surface area contributed by atoms with Crippen molar-refractivity contribution < 1.29 is 0 Å². The molecule has 0 amide bonds. The molecule has 88 valence electrons. The first-order valence-electron chi connectivity index (χ1n) is 5.94. The van der Waals surface area contributed by atoms with Crippen molar-refractivity contribution in [3.63, 3.8) is 0 Å². The van der Waals surface area contributed by atoms with Crippen LogP contribution in [0.2, 0.25) is 0 Å². The molecule has 0 fully saturated rings. The summed E-state index contributed by atoms with van der Waals surface area (Å²) < 4.78 is 0. The zero-order valence-corrected chi connectivity index (χ0v) is 10.4. The lowest BCUT2D eigenvalue weighted by Gasteiger charge is -2.13. The predicted molar refractivity (Wildman–Crippen MR) is 67.0 cm³/mol. The standard InChI is InChI=1S/C12H18ClN3/c1-9(5-6-13)7-14-12-10-3-2-4-11(10)15-8-16-12/h8-9H,2-7H2,1H3,(H,14,15,16). The molecular formula is C12H18ClN3. The van der Waals surface area contributed by atoms with E-state index in [1.54, 1.807) is 6.33 Å². The smallest absolute Gasteiger partial charge is 0.132 e. The zero-order valence-electron chi connectivity index (χ0n) is 9.67. The fraction of sp³-hybridized carbons (Fsp3) is 0.667. The zero-order chi connectivity index (χ0) is 11.4. The Morgan fingerprint density at radius 2 is 2.31 bits per heavy atom. The number of halogens is 1. The number of nitrogens with zero attached hydrogens (tertiary/aromatic N) is 2. The average Bonchev–Trinajstić information content (AvgIpc) is 2.75. The highest BCUT2D eigenvalue weighted by Gasteiger charge is 2.16. The summed E-state index contributed by atoms with van der Waals surface area (Å²) in [6.07, 6.45) is 6.13. The van der Waals surface area contributed by atoms with Gasteiger partial charge in [-0.1, -0.05) is 6.92 Å². The van der Waals surface area contributed by atoms with Gasteiger partial charge in [-0.05, 0) is 31.6 Å². The van der Waals surface area contributed by atoms with Crippen LogP contribution in [0.15, 0.2) is 6.33 Å². The van der Waals surface area contributed by atoms with E-state index in [0.717, 1.165) is 37.5 Å². The monoisotopic (exact) mass is 239 g/mol. The van der Waals surface area contributed by atoms with Crippen molar-refractivity contribution in [2.45, 2.75) is 32.6 Å². The summed E-state index contributed by atoms with van der Waals surface area (Å²) in [6, 6.07) is 0. The van der Waals surface area contributed by atoms with E-state index >= 15 is 0 Å². The molecular weight excluding hydrogens is 222 g/mol. The molecule has 2 rings (SSSR count). The Hall–Kier alpha value is -0.830. The number of hydrogen-bond donors (Lipinski definition) is 1. The van der Waals surface area contributed by atoms with E-state index in [0.29, 0.717) is 5.92 Å². The second kappa shape index (κ2) is 5.48. The normalized spacial score (nSPS) is 15.9. The van der Waals surface area contributed by atoms with Gasteiger partial charge in [0.05, 0.1) is 0 Å². The van der Waals surface area contributed by atoms with E-state index in [4.69, 9.17) is 11.6 Å². The summed E-state index contributed by atoms with van der Waals surface area (Å²) in [7, 11) is 0. The largest absolute Gasteiger partial charge is 0.369 e. The summed E-state index contributed by atoms with van der Waals surface area (Å²) in [4.78, 5) is 8.64. The van der Waals surface area contributed by atoms with Gasteiger partial charge in [-0.25, -0.2) is 9.97 Å². The van der Waals surface area contributed by atoms with Crippen LogP contribution >= 0.6 is 11.6 Å². The van der Waals surface area contributed by atoms with Crippen LogP contribution < -0.4 is 5.32 Å². The maximum Gasteiger partial charge on any atom is 0.132 e. The molecule has 0 aliphatic heterocycles. The van der Waals surface area contributed by atoms with Gasteiger partial charge >= 0.3 is 0 Å². The van der Waals surface area contributed by atoms with Crippen molar-refractivity contribution >= 4 is 17.4 Å². The second-order valence-electron chi connectivity index (χ2n) is 4.46. The van der Waals surface area contributed by atoms with Gasteiger partial charge in [0.2, 0.25) is 0 Å². The van der Waals surface area contributed by atoms with Crippen molar-refractivity contribution in [1.29, 1.82) is 0 Å². The maximum absolute atomic E-state index is 5.72. The van der Waals surface area contributed by atoms with Crippen LogP contribution in [-0.2, 0) is 12.8 Å². The Labute approximate surface area is 102 Å². The SMILES string of the molecule is CC(CCCl)CNc1ncnc2c1CCC2. The molecule has 0 saturated heterocycles. The number of rotatable bonds is 5. The summed E-state index contributed by atoms with van der Waals surface area (Å²) in [6.45, 7) is 3.15. The fourth-order valence-corrected chi connectivity index (χ4v) is 2.44. The lowest BCUT2D eigenvalue weighted by atomic mass is 10.1.